The van der Waals surface area contributed by atoms with Gasteiger partial charge in [-0.25, -0.2) is 0 Å². The van der Waals surface area contributed by atoms with Gasteiger partial charge in [0.25, 0.3) is 5.91 Å². The van der Waals surface area contributed by atoms with Gasteiger partial charge in [0, 0.05) is 17.5 Å². The van der Waals surface area contributed by atoms with Crippen LogP contribution in [0.4, 0.5) is 0 Å². The highest BCUT2D eigenvalue weighted by Crippen LogP contribution is 2.21. The average molecular weight is 254 g/mol. The lowest BCUT2D eigenvalue weighted by atomic mass is 10.1. The van der Waals surface area contributed by atoms with E-state index in [9.17, 15) is 4.79 Å². The minimum Gasteiger partial charge on any atom is -0.496 e. The number of hydrogen-bond acceptors (Lipinski definition) is 4. The molecular formula is C12H18N2O2S. The van der Waals surface area contributed by atoms with Crippen molar-refractivity contribution in [3.05, 3.63) is 16.3 Å². The number of methoxy groups -OCH3 is 1. The summed E-state index contributed by atoms with van der Waals surface area (Å²) in [4.78, 5) is 12.7. The molecular weight excluding hydrogens is 236 g/mol. The summed E-state index contributed by atoms with van der Waals surface area (Å²) in [5.41, 5.74) is 0. The van der Waals surface area contributed by atoms with Crippen LogP contribution in [0.15, 0.2) is 11.4 Å². The van der Waals surface area contributed by atoms with E-state index in [0.29, 0.717) is 6.04 Å². The number of ether oxygens (including phenoxy) is 1. The molecule has 0 radical (unpaired) electrons. The Kier molecular flexibility index (Phi) is 4.39. The zero-order valence-corrected chi connectivity index (χ0v) is 10.8. The van der Waals surface area contributed by atoms with E-state index in [1.54, 1.807) is 13.2 Å². The number of amides is 1. The molecule has 1 aromatic heterocycles. The summed E-state index contributed by atoms with van der Waals surface area (Å²) in [6, 6.07) is 2.08. The second kappa shape index (κ2) is 6.02. The highest BCUT2D eigenvalue weighted by Gasteiger charge is 2.16. The zero-order valence-electron chi connectivity index (χ0n) is 9.99. The largest absolute Gasteiger partial charge is 0.496 e. The number of thiophene rings is 1. The Morgan fingerprint density at radius 2 is 2.41 bits per heavy atom. The molecule has 1 atom stereocenters. The lowest BCUT2D eigenvalue weighted by Gasteiger charge is -2.14. The van der Waals surface area contributed by atoms with Crippen LogP contribution in [0, 0.1) is 0 Å². The van der Waals surface area contributed by atoms with Crippen molar-refractivity contribution in [3.8, 4) is 5.75 Å². The third-order valence-electron chi connectivity index (χ3n) is 2.95. The molecule has 1 unspecified atom stereocenters. The second-order valence-electron chi connectivity index (χ2n) is 4.20. The van der Waals surface area contributed by atoms with Crippen LogP contribution in [0.25, 0.3) is 0 Å². The number of rotatable bonds is 3. The molecule has 1 aromatic rings. The van der Waals surface area contributed by atoms with Gasteiger partial charge >= 0.3 is 0 Å². The molecule has 1 aliphatic rings. The lowest BCUT2D eigenvalue weighted by molar-refractivity contribution is 0.0938. The molecule has 1 amide bonds. The van der Waals surface area contributed by atoms with Crippen molar-refractivity contribution in [2.24, 2.45) is 0 Å². The van der Waals surface area contributed by atoms with E-state index in [4.69, 9.17) is 4.74 Å². The van der Waals surface area contributed by atoms with Crippen LogP contribution >= 0.6 is 11.3 Å². The first-order chi connectivity index (χ1) is 8.29. The molecule has 94 valence electrons. The number of hydrogen-bond donors (Lipinski definition) is 2. The van der Waals surface area contributed by atoms with Gasteiger partial charge in [-0.15, -0.1) is 11.3 Å². The molecule has 4 nitrogen and oxygen atoms in total. The van der Waals surface area contributed by atoms with Crippen LogP contribution in [0.3, 0.4) is 0 Å². The lowest BCUT2D eigenvalue weighted by Crippen LogP contribution is -2.34. The fourth-order valence-electron chi connectivity index (χ4n) is 1.96. The first-order valence-electron chi connectivity index (χ1n) is 5.93. The fraction of sp³-hybridized carbons (Fsp3) is 0.583. The van der Waals surface area contributed by atoms with Crippen molar-refractivity contribution in [1.29, 1.82) is 0 Å². The first-order valence-corrected chi connectivity index (χ1v) is 6.81. The van der Waals surface area contributed by atoms with Crippen LogP contribution in [0.2, 0.25) is 0 Å². The molecule has 1 saturated heterocycles. The van der Waals surface area contributed by atoms with Gasteiger partial charge in [0.15, 0.2) is 0 Å². The maximum Gasteiger partial charge on any atom is 0.261 e. The molecule has 0 aromatic carbocycles. The van der Waals surface area contributed by atoms with Crippen molar-refractivity contribution < 1.29 is 9.53 Å². The SMILES string of the molecule is COc1csc(C(=O)NC2CCCNCC2)c1. The Hall–Kier alpha value is -1.07. The Labute approximate surface area is 105 Å². The van der Waals surface area contributed by atoms with Crippen LogP contribution in [0.1, 0.15) is 28.9 Å². The van der Waals surface area contributed by atoms with E-state index in [1.165, 1.54) is 11.3 Å². The summed E-state index contributed by atoms with van der Waals surface area (Å²) in [7, 11) is 1.61. The van der Waals surface area contributed by atoms with Gasteiger partial charge in [-0.2, -0.15) is 0 Å². The molecule has 17 heavy (non-hydrogen) atoms. The molecule has 0 bridgehead atoms. The molecule has 1 aliphatic heterocycles. The van der Waals surface area contributed by atoms with E-state index in [1.807, 2.05) is 5.38 Å². The maximum atomic E-state index is 12.0. The topological polar surface area (TPSA) is 50.4 Å². The first kappa shape index (κ1) is 12.4. The molecule has 0 saturated carbocycles. The van der Waals surface area contributed by atoms with Crippen molar-refractivity contribution in [2.45, 2.75) is 25.3 Å². The highest BCUT2D eigenvalue weighted by molar-refractivity contribution is 7.12. The van der Waals surface area contributed by atoms with E-state index in [2.05, 4.69) is 10.6 Å². The third-order valence-corrected chi connectivity index (χ3v) is 3.85. The van der Waals surface area contributed by atoms with Crippen LogP contribution in [-0.4, -0.2) is 32.1 Å². The van der Waals surface area contributed by atoms with E-state index in [0.717, 1.165) is 43.0 Å². The minimum absolute atomic E-state index is 0.0187. The normalized spacial score (nSPS) is 20.6. The van der Waals surface area contributed by atoms with Gasteiger partial charge in [0.1, 0.15) is 5.75 Å². The van der Waals surface area contributed by atoms with Crippen molar-refractivity contribution in [3.63, 3.8) is 0 Å². The summed E-state index contributed by atoms with van der Waals surface area (Å²) in [5.74, 6) is 0.771. The summed E-state index contributed by atoms with van der Waals surface area (Å²) in [6.45, 7) is 2.04. The molecule has 2 heterocycles. The molecule has 2 N–H and O–H groups in total. The van der Waals surface area contributed by atoms with Gasteiger partial charge in [-0.1, -0.05) is 0 Å². The fourth-order valence-corrected chi connectivity index (χ4v) is 2.72. The summed E-state index contributed by atoms with van der Waals surface area (Å²) in [6.07, 6.45) is 3.19. The Balaban J connectivity index is 1.91. The van der Waals surface area contributed by atoms with Gasteiger partial charge in [0.05, 0.1) is 12.0 Å². The van der Waals surface area contributed by atoms with Crippen molar-refractivity contribution >= 4 is 17.2 Å². The number of nitrogens with one attached hydrogen (secondary N) is 2. The molecule has 0 aliphatic carbocycles. The van der Waals surface area contributed by atoms with Gasteiger partial charge in [-0.05, 0) is 32.4 Å². The van der Waals surface area contributed by atoms with Gasteiger partial charge in [-0.3, -0.25) is 4.79 Å². The number of carbonyl (C=O) groups excluding carboxylic acids is 1. The smallest absolute Gasteiger partial charge is 0.261 e. The van der Waals surface area contributed by atoms with Gasteiger partial charge in [0.2, 0.25) is 0 Å². The number of carbonyl (C=O) groups is 1. The van der Waals surface area contributed by atoms with Crippen LogP contribution in [0.5, 0.6) is 5.75 Å². The third kappa shape index (κ3) is 3.44. The van der Waals surface area contributed by atoms with Crippen LogP contribution < -0.4 is 15.4 Å². The predicted molar refractivity (Wildman–Crippen MR) is 68.8 cm³/mol. The average Bonchev–Trinajstić information content (AvgIpc) is 2.68. The predicted octanol–water partition coefficient (Wildman–Crippen LogP) is 1.63. The highest BCUT2D eigenvalue weighted by atomic mass is 32.1. The van der Waals surface area contributed by atoms with Gasteiger partial charge < -0.3 is 15.4 Å². The van der Waals surface area contributed by atoms with E-state index >= 15 is 0 Å². The standard InChI is InChI=1S/C12H18N2O2S/c1-16-10-7-11(17-8-10)12(15)14-9-3-2-5-13-6-4-9/h7-9,13H,2-6H2,1H3,(H,14,15). The summed E-state index contributed by atoms with van der Waals surface area (Å²) < 4.78 is 5.08. The zero-order chi connectivity index (χ0) is 12.1. The van der Waals surface area contributed by atoms with Crippen molar-refractivity contribution in [2.75, 3.05) is 20.2 Å². The Bertz CT molecular complexity index is 370. The summed E-state index contributed by atoms with van der Waals surface area (Å²) >= 11 is 1.42. The summed E-state index contributed by atoms with van der Waals surface area (Å²) in [5, 5.41) is 8.27. The Morgan fingerprint density at radius 3 is 3.18 bits per heavy atom. The molecule has 0 spiro atoms. The van der Waals surface area contributed by atoms with Crippen molar-refractivity contribution in [1.82, 2.24) is 10.6 Å². The maximum absolute atomic E-state index is 12.0. The minimum atomic E-state index is 0.0187. The van der Waals surface area contributed by atoms with Crippen LogP contribution in [-0.2, 0) is 0 Å². The second-order valence-corrected chi connectivity index (χ2v) is 5.11. The van der Waals surface area contributed by atoms with E-state index < -0.39 is 0 Å². The quantitative estimate of drug-likeness (QED) is 0.862. The van der Waals surface area contributed by atoms with E-state index in [-0.39, 0.29) is 5.91 Å². The Morgan fingerprint density at radius 1 is 1.53 bits per heavy atom. The molecule has 5 heteroatoms. The monoisotopic (exact) mass is 254 g/mol. The molecule has 1 fully saturated rings. The molecule has 2 rings (SSSR count).